The molecule has 0 aliphatic rings. The monoisotopic (exact) mass is 358 g/mol. The molecule has 5 heteroatoms. The van der Waals surface area contributed by atoms with Gasteiger partial charge in [0.1, 0.15) is 0 Å². The molecule has 1 unspecified atom stereocenters. The maximum atomic E-state index is 4.95. The maximum Gasteiger partial charge on any atom is 0.0730 e. The zero-order valence-corrected chi connectivity index (χ0v) is 12.6. The molecule has 1 aromatic carbocycles. The van der Waals surface area contributed by atoms with Gasteiger partial charge >= 0.3 is 0 Å². The summed E-state index contributed by atoms with van der Waals surface area (Å²) in [4.78, 5) is 0. The van der Waals surface area contributed by atoms with Crippen molar-refractivity contribution in [2.24, 2.45) is 0 Å². The third-order valence-corrected chi connectivity index (χ3v) is 4.20. The molecule has 0 saturated carbocycles. The van der Waals surface area contributed by atoms with E-state index >= 15 is 0 Å². The van der Waals surface area contributed by atoms with Crippen molar-refractivity contribution in [3.05, 3.63) is 30.0 Å². The smallest absolute Gasteiger partial charge is 0.0730 e. The largest absolute Gasteiger partial charge is 0.384 e. The number of benzene rings is 1. The summed E-state index contributed by atoms with van der Waals surface area (Å²) in [6, 6.07) is 6.20. The molecule has 0 bridgehead atoms. The lowest BCUT2D eigenvalue weighted by atomic mass is 10.1. The molecule has 17 heavy (non-hydrogen) atoms. The van der Waals surface area contributed by atoms with Gasteiger partial charge < -0.3 is 4.74 Å². The van der Waals surface area contributed by atoms with E-state index in [9.17, 15) is 0 Å². The molecule has 88 valence electrons. The quantitative estimate of drug-likeness (QED) is 0.365. The second-order valence-corrected chi connectivity index (χ2v) is 5.50. The first-order chi connectivity index (χ1) is 8.35. The predicted molar refractivity (Wildman–Crippen MR) is 80.8 cm³/mol. The first kappa shape index (κ1) is 12.8. The van der Waals surface area contributed by atoms with E-state index in [1.165, 1.54) is 5.52 Å². The highest BCUT2D eigenvalue weighted by molar-refractivity contribution is 14.2. The van der Waals surface area contributed by atoms with E-state index in [1.807, 2.05) is 16.7 Å². The lowest BCUT2D eigenvalue weighted by Crippen LogP contribution is -1.84. The van der Waals surface area contributed by atoms with Gasteiger partial charge in [-0.3, -0.25) is 0 Å². The van der Waals surface area contributed by atoms with Gasteiger partial charge in [0.15, 0.2) is 0 Å². The van der Waals surface area contributed by atoms with Crippen LogP contribution < -0.4 is 0 Å². The first-order valence-electron chi connectivity index (χ1n) is 5.17. The number of rotatable bonds is 3. The fourth-order valence-corrected chi connectivity index (χ4v) is 3.05. The van der Waals surface area contributed by atoms with Gasteiger partial charge in [-0.1, -0.05) is 11.8 Å². The molecule has 1 aromatic heterocycles. The molecule has 0 amide bonds. The van der Waals surface area contributed by atoms with Crippen LogP contribution in [-0.4, -0.2) is 23.3 Å². The molecule has 2 aromatic rings. The molecule has 1 atom stereocenters. The van der Waals surface area contributed by atoms with E-state index in [4.69, 9.17) is 4.74 Å². The highest BCUT2D eigenvalue weighted by atomic mass is 127. The van der Waals surface area contributed by atoms with Crippen LogP contribution >= 0.6 is 28.4 Å². The molecule has 0 aliphatic heterocycles. The van der Waals surface area contributed by atoms with Crippen LogP contribution in [0.1, 0.15) is 12.0 Å². The van der Waals surface area contributed by atoms with E-state index in [0.29, 0.717) is 13.0 Å². The average Bonchev–Trinajstić information content (AvgIpc) is 2.77. The molecule has 0 spiro atoms. The van der Waals surface area contributed by atoms with Crippen LogP contribution in [0.15, 0.2) is 24.4 Å². The molecular formula is C12H12IN2OP. The summed E-state index contributed by atoms with van der Waals surface area (Å²) in [6.07, 6.45) is 3.29. The van der Waals surface area contributed by atoms with Crippen LogP contribution in [0, 0.1) is 11.8 Å². The molecule has 0 saturated heterocycles. The molecule has 2 rings (SSSR count). The Kier molecular flexibility index (Phi) is 4.78. The fourth-order valence-electron chi connectivity index (χ4n) is 1.50. The van der Waals surface area contributed by atoms with E-state index in [0.717, 1.165) is 17.4 Å². The van der Waals surface area contributed by atoms with E-state index < -0.39 is 0 Å². The summed E-state index contributed by atoms with van der Waals surface area (Å²) in [6.45, 7) is 0.684. The van der Waals surface area contributed by atoms with Crippen molar-refractivity contribution >= 4 is 39.3 Å². The maximum absolute atomic E-state index is 4.95. The Balaban J connectivity index is 2.22. The van der Waals surface area contributed by atoms with Gasteiger partial charge in [0.05, 0.1) is 24.7 Å². The standard InChI is InChI=1S/C12H12IN2OP/c1-16-7-3-2-4-10-5-6-12-11(8-10)9-14-15(12)17-13/h5-6,8-9,17H,3,7H2,1H3. The van der Waals surface area contributed by atoms with Gasteiger partial charge in [-0.05, 0) is 40.2 Å². The van der Waals surface area contributed by atoms with Gasteiger partial charge in [-0.15, -0.1) is 0 Å². The van der Waals surface area contributed by atoms with E-state index in [-0.39, 0.29) is 0 Å². The predicted octanol–water partition coefficient (Wildman–Crippen LogP) is 3.22. The van der Waals surface area contributed by atoms with Crippen molar-refractivity contribution in [3.63, 3.8) is 0 Å². The summed E-state index contributed by atoms with van der Waals surface area (Å²) >= 11 is 2.32. The third kappa shape index (κ3) is 3.19. The van der Waals surface area contributed by atoms with Gasteiger partial charge in [0.2, 0.25) is 0 Å². The van der Waals surface area contributed by atoms with Crippen molar-refractivity contribution in [3.8, 4) is 11.8 Å². The van der Waals surface area contributed by atoms with Crippen molar-refractivity contribution in [1.29, 1.82) is 0 Å². The molecule has 0 aliphatic carbocycles. The number of hydrogen-bond acceptors (Lipinski definition) is 2. The number of aromatic nitrogens is 2. The van der Waals surface area contributed by atoms with Gasteiger partial charge in [-0.2, -0.15) is 5.10 Å². The normalized spacial score (nSPS) is 10.9. The van der Waals surface area contributed by atoms with Crippen LogP contribution in [0.25, 0.3) is 10.9 Å². The van der Waals surface area contributed by atoms with Gasteiger partial charge in [-0.25, -0.2) is 4.45 Å². The fraction of sp³-hybridized carbons (Fsp3) is 0.250. The second-order valence-electron chi connectivity index (χ2n) is 3.46. The number of methoxy groups -OCH3 is 1. The molecule has 3 nitrogen and oxygen atoms in total. The number of fused-ring (bicyclic) bond motifs is 1. The molecule has 0 fully saturated rings. The average molecular weight is 358 g/mol. The summed E-state index contributed by atoms with van der Waals surface area (Å²) in [5.74, 6) is 6.22. The summed E-state index contributed by atoms with van der Waals surface area (Å²) < 4.78 is 6.95. The zero-order chi connectivity index (χ0) is 12.1. The lowest BCUT2D eigenvalue weighted by Gasteiger charge is -1.96. The minimum Gasteiger partial charge on any atom is -0.384 e. The Morgan fingerprint density at radius 1 is 1.53 bits per heavy atom. The summed E-state index contributed by atoms with van der Waals surface area (Å²) in [7, 11) is 1.69. The Labute approximate surface area is 115 Å². The lowest BCUT2D eigenvalue weighted by molar-refractivity contribution is 0.206. The molecule has 1 heterocycles. The van der Waals surface area contributed by atoms with Crippen LogP contribution in [0.3, 0.4) is 0 Å². The SMILES string of the molecule is COCCC#Cc1ccc2c(cnn2PI)c1. The summed E-state index contributed by atoms with van der Waals surface area (Å²) in [5.41, 5.74) is 2.20. The Morgan fingerprint density at radius 3 is 3.18 bits per heavy atom. The minimum absolute atomic E-state index is 0.629. The Bertz CT molecular complexity index is 571. The molecule has 0 N–H and O–H groups in total. The number of ether oxygens (including phenoxy) is 1. The van der Waals surface area contributed by atoms with E-state index in [1.54, 1.807) is 7.11 Å². The first-order valence-corrected chi connectivity index (χ1v) is 9.23. The van der Waals surface area contributed by atoms with Crippen molar-refractivity contribution in [2.45, 2.75) is 6.42 Å². The highest BCUT2D eigenvalue weighted by Crippen LogP contribution is 2.28. The van der Waals surface area contributed by atoms with Crippen LogP contribution in [0.4, 0.5) is 0 Å². The molecule has 0 radical (unpaired) electrons. The zero-order valence-electron chi connectivity index (χ0n) is 9.40. The van der Waals surface area contributed by atoms with Gasteiger partial charge in [0, 0.05) is 24.5 Å². The number of halogens is 1. The van der Waals surface area contributed by atoms with Crippen molar-refractivity contribution < 1.29 is 4.74 Å². The van der Waals surface area contributed by atoms with Crippen LogP contribution in [-0.2, 0) is 4.74 Å². The van der Waals surface area contributed by atoms with Crippen molar-refractivity contribution in [1.82, 2.24) is 9.55 Å². The molecular weight excluding hydrogens is 346 g/mol. The third-order valence-electron chi connectivity index (χ3n) is 2.31. The van der Waals surface area contributed by atoms with E-state index in [2.05, 4.69) is 51.1 Å². The topological polar surface area (TPSA) is 27.1 Å². The van der Waals surface area contributed by atoms with Crippen molar-refractivity contribution in [2.75, 3.05) is 13.7 Å². The Hall–Kier alpha value is -0.630. The number of nitrogens with zero attached hydrogens (tertiary/aromatic N) is 2. The van der Waals surface area contributed by atoms with Crippen LogP contribution in [0.5, 0.6) is 0 Å². The Morgan fingerprint density at radius 2 is 2.41 bits per heavy atom. The number of hydrogen-bond donors (Lipinski definition) is 0. The van der Waals surface area contributed by atoms with Gasteiger partial charge in [0.25, 0.3) is 0 Å². The van der Waals surface area contributed by atoms with Crippen LogP contribution in [0.2, 0.25) is 0 Å². The second kappa shape index (κ2) is 6.34. The highest BCUT2D eigenvalue weighted by Gasteiger charge is 2.01. The minimum atomic E-state index is 0.629. The summed E-state index contributed by atoms with van der Waals surface area (Å²) in [5, 5.41) is 5.46.